The number of anilines is 2. The van der Waals surface area contributed by atoms with Crippen LogP contribution in [0.25, 0.3) is 0 Å². The molecule has 3 rings (SSSR count). The molecular formula is C22H22FN3O3S. The van der Waals surface area contributed by atoms with Gasteiger partial charge in [-0.25, -0.2) is 12.8 Å². The van der Waals surface area contributed by atoms with Crippen molar-refractivity contribution in [2.75, 3.05) is 23.1 Å². The van der Waals surface area contributed by atoms with Gasteiger partial charge in [0.15, 0.2) is 0 Å². The maximum absolute atomic E-state index is 13.0. The second-order valence-electron chi connectivity index (χ2n) is 6.54. The monoisotopic (exact) mass is 427 g/mol. The highest BCUT2D eigenvalue weighted by atomic mass is 32.2. The molecule has 1 amide bonds. The summed E-state index contributed by atoms with van der Waals surface area (Å²) >= 11 is 0. The normalized spacial score (nSPS) is 11.0. The van der Waals surface area contributed by atoms with Crippen LogP contribution in [0.1, 0.15) is 16.8 Å². The first-order chi connectivity index (χ1) is 14.4. The van der Waals surface area contributed by atoms with Gasteiger partial charge in [-0.1, -0.05) is 18.2 Å². The third-order valence-electron chi connectivity index (χ3n) is 4.27. The van der Waals surface area contributed by atoms with Gasteiger partial charge in [0.05, 0.1) is 4.90 Å². The van der Waals surface area contributed by atoms with Crippen molar-refractivity contribution >= 4 is 27.3 Å². The fourth-order valence-electron chi connectivity index (χ4n) is 2.70. The molecule has 0 saturated carbocycles. The molecule has 0 radical (unpaired) electrons. The number of benzene rings is 3. The molecule has 30 heavy (non-hydrogen) atoms. The van der Waals surface area contributed by atoms with Crippen LogP contribution in [0.4, 0.5) is 15.8 Å². The van der Waals surface area contributed by atoms with Crippen LogP contribution in [0.2, 0.25) is 0 Å². The molecule has 3 aromatic rings. The SMILES string of the molecule is O=C(NCCCNc1ccccc1)c1ccc(S(=O)(=O)Nc2ccc(F)cc2)cc1. The third kappa shape index (κ3) is 6.05. The zero-order valence-corrected chi connectivity index (χ0v) is 17.0. The van der Waals surface area contributed by atoms with Gasteiger partial charge in [-0.3, -0.25) is 9.52 Å². The number of sulfonamides is 1. The summed E-state index contributed by atoms with van der Waals surface area (Å²) in [5.41, 5.74) is 1.64. The Labute approximate surface area is 175 Å². The number of hydrogen-bond donors (Lipinski definition) is 3. The van der Waals surface area contributed by atoms with E-state index in [1.165, 1.54) is 48.5 Å². The summed E-state index contributed by atoms with van der Waals surface area (Å²) in [4.78, 5) is 12.2. The molecule has 156 valence electrons. The van der Waals surface area contributed by atoms with Gasteiger partial charge in [-0.15, -0.1) is 0 Å². The van der Waals surface area contributed by atoms with Crippen LogP contribution >= 0.6 is 0 Å². The Morgan fingerprint density at radius 2 is 1.47 bits per heavy atom. The Hall–Kier alpha value is -3.39. The first-order valence-electron chi connectivity index (χ1n) is 9.40. The Kier molecular flexibility index (Phi) is 7.03. The number of nitrogens with one attached hydrogen (secondary N) is 3. The minimum atomic E-state index is -3.83. The molecule has 3 aromatic carbocycles. The van der Waals surface area contributed by atoms with Crippen molar-refractivity contribution in [3.05, 3.63) is 90.2 Å². The second kappa shape index (κ2) is 9.89. The van der Waals surface area contributed by atoms with Gasteiger partial charge >= 0.3 is 0 Å². The number of para-hydroxylation sites is 1. The summed E-state index contributed by atoms with van der Waals surface area (Å²) in [7, 11) is -3.83. The van der Waals surface area contributed by atoms with Gasteiger partial charge in [-0.05, 0) is 67.1 Å². The molecule has 0 unspecified atom stereocenters. The van der Waals surface area contributed by atoms with Gasteiger partial charge in [0.25, 0.3) is 15.9 Å². The third-order valence-corrected chi connectivity index (χ3v) is 5.66. The van der Waals surface area contributed by atoms with Crippen LogP contribution < -0.4 is 15.4 Å². The largest absolute Gasteiger partial charge is 0.385 e. The van der Waals surface area contributed by atoms with Gasteiger partial charge in [0, 0.05) is 30.0 Å². The highest BCUT2D eigenvalue weighted by Crippen LogP contribution is 2.17. The van der Waals surface area contributed by atoms with Crippen molar-refractivity contribution < 1.29 is 17.6 Å². The number of amides is 1. The summed E-state index contributed by atoms with van der Waals surface area (Å²) in [5.74, 6) is -0.727. The Bertz CT molecular complexity index is 1070. The maximum atomic E-state index is 13.0. The smallest absolute Gasteiger partial charge is 0.261 e. The molecule has 0 heterocycles. The van der Waals surface area contributed by atoms with E-state index in [1.54, 1.807) is 0 Å². The Morgan fingerprint density at radius 1 is 0.800 bits per heavy atom. The quantitative estimate of drug-likeness (QED) is 0.453. The lowest BCUT2D eigenvalue weighted by atomic mass is 10.2. The molecular weight excluding hydrogens is 405 g/mol. The van der Waals surface area contributed by atoms with E-state index >= 15 is 0 Å². The standard InChI is InChI=1S/C22H22FN3O3S/c23-18-9-11-20(12-10-18)26-30(28,29)21-13-7-17(8-14-21)22(27)25-16-4-15-24-19-5-2-1-3-6-19/h1-3,5-14,24,26H,4,15-16H2,(H,25,27). The molecule has 8 heteroatoms. The van der Waals surface area contributed by atoms with Crippen LogP contribution in [0.5, 0.6) is 0 Å². The Balaban J connectivity index is 1.49. The van der Waals surface area contributed by atoms with Crippen molar-refractivity contribution in [2.45, 2.75) is 11.3 Å². The van der Waals surface area contributed by atoms with Crippen molar-refractivity contribution in [3.63, 3.8) is 0 Å². The van der Waals surface area contributed by atoms with E-state index in [0.717, 1.165) is 18.7 Å². The zero-order chi connectivity index (χ0) is 21.4. The number of carbonyl (C=O) groups is 1. The number of hydrogen-bond acceptors (Lipinski definition) is 4. The Morgan fingerprint density at radius 3 is 2.13 bits per heavy atom. The summed E-state index contributed by atoms with van der Waals surface area (Å²) in [6.45, 7) is 1.21. The van der Waals surface area contributed by atoms with E-state index in [4.69, 9.17) is 0 Å². The van der Waals surface area contributed by atoms with E-state index in [9.17, 15) is 17.6 Å². The lowest BCUT2D eigenvalue weighted by Gasteiger charge is -2.10. The molecule has 3 N–H and O–H groups in total. The molecule has 0 atom stereocenters. The van der Waals surface area contributed by atoms with Gasteiger partial charge < -0.3 is 10.6 Å². The van der Waals surface area contributed by atoms with E-state index in [-0.39, 0.29) is 16.5 Å². The van der Waals surface area contributed by atoms with Crippen LogP contribution in [0.15, 0.2) is 83.8 Å². The molecule has 0 saturated heterocycles. The van der Waals surface area contributed by atoms with Crippen LogP contribution in [0, 0.1) is 5.82 Å². The molecule has 0 bridgehead atoms. The summed E-state index contributed by atoms with van der Waals surface area (Å²) in [6.07, 6.45) is 0.745. The minimum absolute atomic E-state index is 0.00966. The van der Waals surface area contributed by atoms with Gasteiger partial charge in [-0.2, -0.15) is 0 Å². The molecule has 0 fully saturated rings. The predicted octanol–water partition coefficient (Wildman–Crippen LogP) is 3.86. The molecule has 0 aliphatic carbocycles. The average Bonchev–Trinajstić information content (AvgIpc) is 2.76. The summed E-state index contributed by atoms with van der Waals surface area (Å²) in [5, 5.41) is 6.07. The van der Waals surface area contributed by atoms with Crippen LogP contribution in [-0.2, 0) is 10.0 Å². The summed E-state index contributed by atoms with van der Waals surface area (Å²) < 4.78 is 40.2. The van der Waals surface area contributed by atoms with E-state index in [2.05, 4.69) is 15.4 Å². The van der Waals surface area contributed by atoms with Gasteiger partial charge in [0.2, 0.25) is 0 Å². The van der Waals surface area contributed by atoms with Crippen LogP contribution in [0.3, 0.4) is 0 Å². The van der Waals surface area contributed by atoms with E-state index in [0.29, 0.717) is 12.1 Å². The number of halogens is 1. The first kappa shape index (κ1) is 21.3. The minimum Gasteiger partial charge on any atom is -0.385 e. The number of rotatable bonds is 9. The van der Waals surface area contributed by atoms with Crippen molar-refractivity contribution in [3.8, 4) is 0 Å². The molecule has 6 nitrogen and oxygen atoms in total. The van der Waals surface area contributed by atoms with Crippen LogP contribution in [-0.4, -0.2) is 27.4 Å². The lowest BCUT2D eigenvalue weighted by molar-refractivity contribution is 0.0953. The number of carbonyl (C=O) groups excluding carboxylic acids is 1. The molecule has 0 aliphatic heterocycles. The summed E-state index contributed by atoms with van der Waals surface area (Å²) in [6, 6.07) is 20.4. The molecule has 0 spiro atoms. The van der Waals surface area contributed by atoms with Gasteiger partial charge in [0.1, 0.15) is 5.82 Å². The maximum Gasteiger partial charge on any atom is 0.261 e. The predicted molar refractivity (Wildman–Crippen MR) is 116 cm³/mol. The average molecular weight is 428 g/mol. The molecule has 0 aromatic heterocycles. The van der Waals surface area contributed by atoms with Crippen molar-refractivity contribution in [1.29, 1.82) is 0 Å². The highest BCUT2D eigenvalue weighted by molar-refractivity contribution is 7.92. The first-order valence-corrected chi connectivity index (χ1v) is 10.9. The highest BCUT2D eigenvalue weighted by Gasteiger charge is 2.15. The molecule has 0 aliphatic rings. The lowest BCUT2D eigenvalue weighted by Crippen LogP contribution is -2.25. The zero-order valence-electron chi connectivity index (χ0n) is 16.1. The van der Waals surface area contributed by atoms with E-state index in [1.807, 2.05) is 30.3 Å². The fraction of sp³-hybridized carbons (Fsp3) is 0.136. The second-order valence-corrected chi connectivity index (χ2v) is 8.22. The van der Waals surface area contributed by atoms with Crippen molar-refractivity contribution in [2.24, 2.45) is 0 Å². The van der Waals surface area contributed by atoms with E-state index < -0.39 is 15.8 Å². The van der Waals surface area contributed by atoms with Crippen molar-refractivity contribution in [1.82, 2.24) is 5.32 Å². The fourth-order valence-corrected chi connectivity index (χ4v) is 3.76. The topological polar surface area (TPSA) is 87.3 Å².